The molecule has 13 nitrogen and oxygen atoms in total. The molecule has 6 rings (SSSR count). The lowest BCUT2D eigenvalue weighted by atomic mass is 9.94. The first-order valence-corrected chi connectivity index (χ1v) is 20.1. The Bertz CT molecular complexity index is 1970. The SMILES string of the molecule is CCC(=O)c1ccccc1Cc1nc(C[C@@H]2CCCN(CCCCCCCNC(=O)COc3cccc4c3C(=O)N(C3CCC(=O)NC3=O)C4=O)C2)ncc1Cl. The number of rotatable bonds is 18. The fraction of sp³-hybridized carbons (Fsp3) is 0.476. The summed E-state index contributed by atoms with van der Waals surface area (Å²) in [5.41, 5.74) is 2.52. The van der Waals surface area contributed by atoms with Crippen LogP contribution in [0, 0.1) is 5.92 Å². The summed E-state index contributed by atoms with van der Waals surface area (Å²) in [7, 11) is 0. The number of Topliss-reactive ketones (excluding diaryl/α,β-unsaturated/α-hetero) is 1. The number of piperidine rings is 2. The van der Waals surface area contributed by atoms with Crippen LogP contribution < -0.4 is 15.4 Å². The molecule has 0 radical (unpaired) electrons. The summed E-state index contributed by atoms with van der Waals surface area (Å²) in [6.07, 6.45) is 10.9. The molecule has 296 valence electrons. The third-order valence-corrected chi connectivity index (χ3v) is 11.0. The number of fused-ring (bicyclic) bond motifs is 1. The molecule has 1 unspecified atom stereocenters. The van der Waals surface area contributed by atoms with E-state index in [4.69, 9.17) is 21.3 Å². The minimum absolute atomic E-state index is 0.0139. The minimum atomic E-state index is -1.08. The van der Waals surface area contributed by atoms with E-state index in [9.17, 15) is 28.8 Å². The van der Waals surface area contributed by atoms with Crippen molar-refractivity contribution < 1.29 is 33.5 Å². The first-order chi connectivity index (χ1) is 27.1. The van der Waals surface area contributed by atoms with Gasteiger partial charge < -0.3 is 15.0 Å². The zero-order valence-electron chi connectivity index (χ0n) is 31.8. The summed E-state index contributed by atoms with van der Waals surface area (Å²) < 4.78 is 5.67. The van der Waals surface area contributed by atoms with E-state index in [1.165, 1.54) is 12.1 Å². The Balaban J connectivity index is 0.861. The van der Waals surface area contributed by atoms with Gasteiger partial charge in [-0.2, -0.15) is 0 Å². The van der Waals surface area contributed by atoms with Crippen molar-refractivity contribution in [1.29, 1.82) is 0 Å². The number of unbranched alkanes of at least 4 members (excludes halogenated alkanes) is 4. The predicted octanol–water partition coefficient (Wildman–Crippen LogP) is 5.11. The van der Waals surface area contributed by atoms with E-state index in [0.717, 1.165) is 98.5 Å². The molecule has 0 aliphatic carbocycles. The average Bonchev–Trinajstić information content (AvgIpc) is 3.45. The van der Waals surface area contributed by atoms with Crippen molar-refractivity contribution >= 4 is 46.9 Å². The second kappa shape index (κ2) is 19.2. The van der Waals surface area contributed by atoms with Crippen molar-refractivity contribution in [3.05, 3.63) is 87.5 Å². The Morgan fingerprint density at radius 1 is 0.982 bits per heavy atom. The molecule has 2 atom stereocenters. The zero-order chi connectivity index (χ0) is 39.6. The lowest BCUT2D eigenvalue weighted by Gasteiger charge is -2.32. The van der Waals surface area contributed by atoms with Gasteiger partial charge in [-0.25, -0.2) is 9.97 Å². The summed E-state index contributed by atoms with van der Waals surface area (Å²) >= 11 is 6.51. The van der Waals surface area contributed by atoms with Crippen molar-refractivity contribution in [2.75, 3.05) is 32.8 Å². The van der Waals surface area contributed by atoms with E-state index in [-0.39, 0.29) is 48.0 Å². The molecule has 4 heterocycles. The highest BCUT2D eigenvalue weighted by Crippen LogP contribution is 2.33. The van der Waals surface area contributed by atoms with E-state index in [2.05, 4.69) is 20.5 Å². The van der Waals surface area contributed by atoms with E-state index in [1.54, 1.807) is 12.3 Å². The van der Waals surface area contributed by atoms with E-state index >= 15 is 0 Å². The topological polar surface area (TPSA) is 168 Å². The Hall–Kier alpha value is -5.01. The van der Waals surface area contributed by atoms with E-state index < -0.39 is 29.7 Å². The van der Waals surface area contributed by atoms with Gasteiger partial charge in [-0.15, -0.1) is 0 Å². The number of amides is 5. The van der Waals surface area contributed by atoms with Crippen LogP contribution in [-0.2, 0) is 27.2 Å². The minimum Gasteiger partial charge on any atom is -0.483 e. The first kappa shape index (κ1) is 40.6. The summed E-state index contributed by atoms with van der Waals surface area (Å²) in [6, 6.07) is 11.1. The molecule has 5 amide bonds. The van der Waals surface area contributed by atoms with Gasteiger partial charge in [0.05, 0.1) is 21.8 Å². The lowest BCUT2D eigenvalue weighted by molar-refractivity contribution is -0.136. The molecule has 2 saturated heterocycles. The van der Waals surface area contributed by atoms with Gasteiger partial charge in [0.15, 0.2) is 12.4 Å². The number of imide groups is 2. The van der Waals surface area contributed by atoms with Crippen molar-refractivity contribution in [3.63, 3.8) is 0 Å². The number of ether oxygens (including phenoxy) is 1. The Morgan fingerprint density at radius 2 is 1.79 bits per heavy atom. The molecule has 2 N–H and O–H groups in total. The molecule has 3 aromatic rings. The highest BCUT2D eigenvalue weighted by molar-refractivity contribution is 6.31. The summed E-state index contributed by atoms with van der Waals surface area (Å²) in [4.78, 5) is 88.0. The monoisotopic (exact) mass is 784 g/mol. The number of carbonyl (C=O) groups is 6. The number of nitrogens with zero attached hydrogens (tertiary/aromatic N) is 4. The molecular formula is C42H49ClN6O7. The Kier molecular flexibility index (Phi) is 14.0. The molecule has 2 aromatic carbocycles. The number of aromatic nitrogens is 2. The van der Waals surface area contributed by atoms with Crippen molar-refractivity contribution in [3.8, 4) is 5.75 Å². The zero-order valence-corrected chi connectivity index (χ0v) is 32.6. The van der Waals surface area contributed by atoms with Crippen LogP contribution in [0.15, 0.2) is 48.7 Å². The molecule has 0 saturated carbocycles. The molecule has 2 fully saturated rings. The van der Waals surface area contributed by atoms with Crippen LogP contribution in [0.1, 0.15) is 119 Å². The van der Waals surface area contributed by atoms with Crippen molar-refractivity contribution in [1.82, 2.24) is 30.4 Å². The fourth-order valence-electron chi connectivity index (χ4n) is 7.78. The largest absolute Gasteiger partial charge is 0.483 e. The highest BCUT2D eigenvalue weighted by atomic mass is 35.5. The number of halogens is 1. The molecule has 0 bridgehead atoms. The van der Waals surface area contributed by atoms with Crippen LogP contribution in [0.2, 0.25) is 5.02 Å². The maximum atomic E-state index is 13.2. The number of nitrogens with one attached hydrogen (secondary N) is 2. The highest BCUT2D eigenvalue weighted by Gasteiger charge is 2.46. The third kappa shape index (κ3) is 10.0. The molecule has 3 aliphatic heterocycles. The quantitative estimate of drug-likeness (QED) is 0.100. The summed E-state index contributed by atoms with van der Waals surface area (Å²) in [5.74, 6) is -1.31. The maximum Gasteiger partial charge on any atom is 0.266 e. The van der Waals surface area contributed by atoms with Crippen LogP contribution in [-0.4, -0.2) is 93.9 Å². The fourth-order valence-corrected chi connectivity index (χ4v) is 7.94. The number of benzene rings is 2. The van der Waals surface area contributed by atoms with Crippen LogP contribution in [0.4, 0.5) is 0 Å². The van der Waals surface area contributed by atoms with Crippen LogP contribution >= 0.6 is 11.6 Å². The maximum absolute atomic E-state index is 13.2. The van der Waals surface area contributed by atoms with Crippen molar-refractivity contribution in [2.24, 2.45) is 5.92 Å². The summed E-state index contributed by atoms with van der Waals surface area (Å²) in [5, 5.41) is 5.55. The van der Waals surface area contributed by atoms with Gasteiger partial charge in [0.2, 0.25) is 11.8 Å². The average molecular weight is 785 g/mol. The number of hydrogen-bond acceptors (Lipinski definition) is 10. The van der Waals surface area contributed by atoms with Gasteiger partial charge >= 0.3 is 0 Å². The molecular weight excluding hydrogens is 736 g/mol. The molecule has 56 heavy (non-hydrogen) atoms. The van der Waals surface area contributed by atoms with Crippen LogP contribution in [0.5, 0.6) is 5.75 Å². The first-order valence-electron chi connectivity index (χ1n) is 19.7. The van der Waals surface area contributed by atoms with Crippen molar-refractivity contribution in [2.45, 2.75) is 90.0 Å². The molecule has 3 aliphatic rings. The molecule has 1 aromatic heterocycles. The third-order valence-electron chi connectivity index (χ3n) is 10.7. The van der Waals surface area contributed by atoms with Crippen LogP contribution in [0.25, 0.3) is 0 Å². The predicted molar refractivity (Wildman–Crippen MR) is 208 cm³/mol. The number of hydrogen-bond donors (Lipinski definition) is 2. The van der Waals surface area contributed by atoms with Gasteiger partial charge in [-0.1, -0.05) is 68.1 Å². The van der Waals surface area contributed by atoms with Crippen LogP contribution in [0.3, 0.4) is 0 Å². The van der Waals surface area contributed by atoms with Gasteiger partial charge in [0.25, 0.3) is 17.7 Å². The van der Waals surface area contributed by atoms with Gasteiger partial charge in [0, 0.05) is 50.5 Å². The lowest BCUT2D eigenvalue weighted by Crippen LogP contribution is -2.54. The van der Waals surface area contributed by atoms with E-state index in [1.807, 2.05) is 31.2 Å². The smallest absolute Gasteiger partial charge is 0.266 e. The number of carbonyl (C=O) groups excluding carboxylic acids is 6. The van der Waals surface area contributed by atoms with Gasteiger partial charge in [-0.05, 0) is 68.8 Å². The Morgan fingerprint density at radius 3 is 2.61 bits per heavy atom. The second-order valence-corrected chi connectivity index (χ2v) is 15.1. The summed E-state index contributed by atoms with van der Waals surface area (Å²) in [6.45, 7) is 5.19. The normalized spacial score (nSPS) is 18.5. The standard InChI is InChI=1S/C42H49ClN6O7/c1-2-34(50)29-14-7-6-13-28(29)23-32-31(43)24-45-36(46-32)22-27-12-11-21-48(25-27)20-9-5-3-4-8-19-44-38(52)26-56-35-16-10-15-30-39(35)42(55)49(41(30)54)33-17-18-37(51)47-40(33)53/h6-7,10,13-16,24,27,33H,2-5,8-9,11-12,17-23,25-26H2,1H3,(H,44,52)(H,47,51,53)/t27-,33?/m0/s1. The van der Waals surface area contributed by atoms with E-state index in [0.29, 0.717) is 30.3 Å². The second-order valence-electron chi connectivity index (χ2n) is 14.7. The number of likely N-dealkylation sites (tertiary alicyclic amines) is 1. The Labute approximate surface area is 331 Å². The molecule has 14 heteroatoms. The molecule has 0 spiro atoms. The number of ketones is 1. The van der Waals surface area contributed by atoms with Gasteiger partial charge in [-0.3, -0.25) is 39.0 Å². The van der Waals surface area contributed by atoms with Gasteiger partial charge in [0.1, 0.15) is 17.6 Å².